The predicted molar refractivity (Wildman–Crippen MR) is 161 cm³/mol. The lowest BCUT2D eigenvalue weighted by atomic mass is 9.91. The van der Waals surface area contributed by atoms with Crippen LogP contribution in [0.5, 0.6) is 5.75 Å². The van der Waals surface area contributed by atoms with Crippen LogP contribution in [0, 0.1) is 31.1 Å². The van der Waals surface area contributed by atoms with E-state index in [1.807, 2.05) is 39.8 Å². The van der Waals surface area contributed by atoms with Crippen LogP contribution in [0.25, 0.3) is 11.3 Å². The lowest BCUT2D eigenvalue weighted by Gasteiger charge is -2.32. The lowest BCUT2D eigenvalue weighted by Crippen LogP contribution is -2.40. The zero-order valence-corrected chi connectivity index (χ0v) is 25.7. The standard InChI is InChI=1S/C33H37N3O5S/c1-17-8-7-9-23(24-16-42-30(34-24)36-19(3)33(29(37)38)25-26(33)27(25)36)28(17)40-15-21-11-10-20-14-35(13-12-22(20)18(21)2)31(39)41-32(4,5)6/h7-11,16,19,25-27H,12-15H2,1-6H3,(H,37,38)/t19-,25+,26?,27?,33+/m0/s1. The number of para-hydroxylation sites is 1. The van der Waals surface area contributed by atoms with Crippen molar-refractivity contribution in [1.82, 2.24) is 9.88 Å². The maximum absolute atomic E-state index is 12.6. The van der Waals surface area contributed by atoms with E-state index in [1.165, 1.54) is 11.1 Å². The van der Waals surface area contributed by atoms with Crippen LogP contribution < -0.4 is 9.64 Å². The smallest absolute Gasteiger partial charge is 0.410 e. The molecule has 0 radical (unpaired) electrons. The fourth-order valence-electron chi connectivity index (χ4n) is 7.58. The molecule has 3 aromatic rings. The van der Waals surface area contributed by atoms with Gasteiger partial charge >= 0.3 is 12.1 Å². The van der Waals surface area contributed by atoms with Crippen LogP contribution in [0.4, 0.5) is 9.93 Å². The van der Waals surface area contributed by atoms with E-state index >= 15 is 0 Å². The Morgan fingerprint density at radius 3 is 2.62 bits per heavy atom. The molecule has 2 saturated heterocycles. The van der Waals surface area contributed by atoms with Gasteiger partial charge in [0, 0.05) is 48.0 Å². The van der Waals surface area contributed by atoms with Gasteiger partial charge in [0.15, 0.2) is 5.13 Å². The summed E-state index contributed by atoms with van der Waals surface area (Å²) in [5, 5.41) is 12.8. The molecule has 0 spiro atoms. The molecule has 5 aliphatic rings. The summed E-state index contributed by atoms with van der Waals surface area (Å²) in [5.41, 5.74) is 6.53. The number of benzene rings is 2. The number of aromatic nitrogens is 1. The van der Waals surface area contributed by atoms with E-state index < -0.39 is 17.0 Å². The lowest BCUT2D eigenvalue weighted by molar-refractivity contribution is -0.145. The van der Waals surface area contributed by atoms with Crippen LogP contribution in [-0.4, -0.2) is 51.3 Å². The Hall–Kier alpha value is -3.59. The number of amides is 1. The average molecular weight is 588 g/mol. The molecule has 1 N–H and O–H groups in total. The highest BCUT2D eigenvalue weighted by Crippen LogP contribution is 2.86. The molecular formula is C33H37N3O5S. The van der Waals surface area contributed by atoms with E-state index in [-0.39, 0.29) is 24.0 Å². The third-order valence-corrected chi connectivity index (χ3v) is 10.7. The maximum atomic E-state index is 12.6. The van der Waals surface area contributed by atoms with Crippen molar-refractivity contribution in [2.75, 3.05) is 11.4 Å². The summed E-state index contributed by atoms with van der Waals surface area (Å²) in [5.74, 6) is 0.729. The quantitative estimate of drug-likeness (QED) is 0.367. The first-order valence-corrected chi connectivity index (χ1v) is 15.6. The fourth-order valence-corrected chi connectivity index (χ4v) is 8.53. The Kier molecular flexibility index (Phi) is 5.97. The van der Waals surface area contributed by atoms with Gasteiger partial charge in [0.1, 0.15) is 18.0 Å². The van der Waals surface area contributed by atoms with Gasteiger partial charge in [0.05, 0.1) is 11.1 Å². The molecule has 5 atom stereocenters. The van der Waals surface area contributed by atoms with Gasteiger partial charge in [0.25, 0.3) is 0 Å². The molecule has 220 valence electrons. The number of ether oxygens (including phenoxy) is 2. The van der Waals surface area contributed by atoms with E-state index in [9.17, 15) is 14.7 Å². The van der Waals surface area contributed by atoms with Crippen molar-refractivity contribution in [2.45, 2.75) is 78.8 Å². The Bertz CT molecular complexity index is 1610. The number of carbonyl (C=O) groups excluding carboxylic acids is 1. The molecule has 8 nitrogen and oxygen atoms in total. The molecule has 2 aliphatic carbocycles. The maximum Gasteiger partial charge on any atom is 0.410 e. The van der Waals surface area contributed by atoms with Crippen molar-refractivity contribution in [3.63, 3.8) is 0 Å². The topological polar surface area (TPSA) is 92.2 Å². The van der Waals surface area contributed by atoms with Crippen molar-refractivity contribution < 1.29 is 24.2 Å². The van der Waals surface area contributed by atoms with Crippen molar-refractivity contribution in [3.8, 4) is 17.0 Å². The summed E-state index contributed by atoms with van der Waals surface area (Å²) >= 11 is 1.58. The number of fused-ring (bicyclic) bond motifs is 2. The van der Waals surface area contributed by atoms with Gasteiger partial charge in [-0.3, -0.25) is 4.79 Å². The Balaban J connectivity index is 1.08. The molecule has 8 rings (SSSR count). The molecule has 1 aromatic heterocycles. The second-order valence-electron chi connectivity index (χ2n) is 13.3. The first-order chi connectivity index (χ1) is 19.9. The number of aryl methyl sites for hydroxylation is 1. The second-order valence-corrected chi connectivity index (χ2v) is 14.1. The van der Waals surface area contributed by atoms with E-state index in [4.69, 9.17) is 14.5 Å². The molecule has 4 heterocycles. The van der Waals surface area contributed by atoms with Gasteiger partial charge in [-0.25, -0.2) is 9.78 Å². The third kappa shape index (κ3) is 3.96. The number of piperidine rings is 1. The monoisotopic (exact) mass is 587 g/mol. The van der Waals surface area contributed by atoms with Gasteiger partial charge in [0.2, 0.25) is 0 Å². The van der Waals surface area contributed by atoms with Gasteiger partial charge in [-0.2, -0.15) is 0 Å². The molecule has 4 fully saturated rings. The number of aliphatic carboxylic acids is 1. The molecule has 9 heteroatoms. The Labute approximate surface area is 250 Å². The summed E-state index contributed by atoms with van der Waals surface area (Å²) in [7, 11) is 0. The minimum absolute atomic E-state index is 0.0366. The van der Waals surface area contributed by atoms with Gasteiger partial charge in [-0.15, -0.1) is 11.3 Å². The van der Waals surface area contributed by atoms with Crippen LogP contribution in [0.15, 0.2) is 35.7 Å². The van der Waals surface area contributed by atoms with Crippen LogP contribution >= 0.6 is 11.3 Å². The zero-order valence-electron chi connectivity index (χ0n) is 24.9. The molecule has 42 heavy (non-hydrogen) atoms. The molecule has 2 aromatic carbocycles. The van der Waals surface area contributed by atoms with Gasteiger partial charge in [-0.05, 0) is 81.8 Å². The molecule has 2 bridgehead atoms. The largest absolute Gasteiger partial charge is 0.488 e. The summed E-state index contributed by atoms with van der Waals surface area (Å²) in [4.78, 5) is 33.6. The number of thiazole rings is 1. The van der Waals surface area contributed by atoms with Crippen LogP contribution in [-0.2, 0) is 29.1 Å². The fraction of sp³-hybridized carbons (Fsp3) is 0.485. The van der Waals surface area contributed by atoms with E-state index in [0.717, 1.165) is 45.2 Å². The third-order valence-electron chi connectivity index (χ3n) is 9.80. The second kappa shape index (κ2) is 9.20. The van der Waals surface area contributed by atoms with Gasteiger partial charge in [-0.1, -0.05) is 24.3 Å². The summed E-state index contributed by atoms with van der Waals surface area (Å²) in [6.45, 7) is 13.5. The number of hydrogen-bond acceptors (Lipinski definition) is 7. The minimum Gasteiger partial charge on any atom is -0.488 e. The zero-order chi connectivity index (χ0) is 29.7. The Morgan fingerprint density at radius 1 is 1.17 bits per heavy atom. The molecule has 2 saturated carbocycles. The van der Waals surface area contributed by atoms with E-state index in [0.29, 0.717) is 25.7 Å². The number of carbonyl (C=O) groups is 2. The van der Waals surface area contributed by atoms with Crippen molar-refractivity contribution in [1.29, 1.82) is 0 Å². The van der Waals surface area contributed by atoms with Crippen LogP contribution in [0.2, 0.25) is 0 Å². The molecular weight excluding hydrogens is 550 g/mol. The van der Waals surface area contributed by atoms with E-state index in [1.54, 1.807) is 16.2 Å². The van der Waals surface area contributed by atoms with Crippen molar-refractivity contribution in [2.24, 2.45) is 17.3 Å². The number of carboxylic acids is 1. The predicted octanol–water partition coefficient (Wildman–Crippen LogP) is 6.21. The van der Waals surface area contributed by atoms with Crippen LogP contribution in [0.3, 0.4) is 0 Å². The first kappa shape index (κ1) is 27.3. The highest BCUT2D eigenvalue weighted by Gasteiger charge is 2.96. The summed E-state index contributed by atoms with van der Waals surface area (Å²) in [6, 6.07) is 10.6. The summed E-state index contributed by atoms with van der Waals surface area (Å²) < 4.78 is 12.1. The summed E-state index contributed by atoms with van der Waals surface area (Å²) in [6.07, 6.45) is 0.515. The van der Waals surface area contributed by atoms with Crippen molar-refractivity contribution in [3.05, 3.63) is 63.5 Å². The van der Waals surface area contributed by atoms with Crippen molar-refractivity contribution >= 4 is 28.5 Å². The number of hydrogen-bond donors (Lipinski definition) is 1. The average Bonchev–Trinajstić information content (AvgIpc) is 3.67. The van der Waals surface area contributed by atoms with Gasteiger partial charge < -0.3 is 24.4 Å². The van der Waals surface area contributed by atoms with E-state index in [2.05, 4.69) is 42.3 Å². The normalized spacial score (nSPS) is 26.9. The Morgan fingerprint density at radius 2 is 1.93 bits per heavy atom. The number of anilines is 1. The molecule has 1 amide bonds. The number of nitrogens with zero attached hydrogens (tertiary/aromatic N) is 3. The molecule has 3 aliphatic heterocycles. The van der Waals surface area contributed by atoms with Crippen LogP contribution in [0.1, 0.15) is 55.5 Å². The minimum atomic E-state index is -0.660. The highest BCUT2D eigenvalue weighted by molar-refractivity contribution is 7.14. The highest BCUT2D eigenvalue weighted by atomic mass is 32.1. The molecule has 2 unspecified atom stereocenters. The SMILES string of the molecule is Cc1cccc(-c2csc(N3C4C5[C@H]4[C@]5(C(=O)O)[C@@H]3C)n2)c1OCc1ccc2c(c1C)CCN(C(=O)OC(C)(C)C)C2. The number of carboxylic acid groups (broad SMARTS) is 1. The number of rotatable bonds is 6. The first-order valence-electron chi connectivity index (χ1n) is 14.7.